The Bertz CT molecular complexity index is 1430. The van der Waals surface area contributed by atoms with Crippen molar-refractivity contribution < 1.29 is 19.0 Å². The number of halogens is 1. The summed E-state index contributed by atoms with van der Waals surface area (Å²) in [6.45, 7) is 12.8. The van der Waals surface area contributed by atoms with E-state index in [1.54, 1.807) is 6.07 Å². The maximum Gasteiger partial charge on any atom is 0.320 e. The number of likely N-dealkylation sites (tertiary alicyclic amines) is 1. The summed E-state index contributed by atoms with van der Waals surface area (Å²) in [7, 11) is 1.98. The van der Waals surface area contributed by atoms with Gasteiger partial charge in [-0.1, -0.05) is 38.1 Å². The van der Waals surface area contributed by atoms with Crippen LogP contribution in [0.25, 0.3) is 0 Å². The van der Waals surface area contributed by atoms with Crippen molar-refractivity contribution in [3.05, 3.63) is 82.9 Å². The highest BCUT2D eigenvalue weighted by molar-refractivity contribution is 5.73. The predicted octanol–water partition coefficient (Wildman–Crippen LogP) is 7.20. The monoisotopic (exact) mass is 632 g/mol. The van der Waals surface area contributed by atoms with Crippen molar-refractivity contribution in [3.8, 4) is 5.75 Å². The molecule has 8 heteroatoms. The highest BCUT2D eigenvalue weighted by atomic mass is 19.1. The largest absolute Gasteiger partial charge is 0.494 e. The van der Waals surface area contributed by atoms with Crippen LogP contribution in [-0.2, 0) is 17.8 Å². The third kappa shape index (κ3) is 8.37. The lowest BCUT2D eigenvalue weighted by atomic mass is 9.87. The van der Waals surface area contributed by atoms with Crippen molar-refractivity contribution in [1.29, 1.82) is 0 Å². The van der Waals surface area contributed by atoms with Gasteiger partial charge in [-0.25, -0.2) is 4.39 Å². The van der Waals surface area contributed by atoms with E-state index in [0.29, 0.717) is 30.8 Å². The minimum absolute atomic E-state index is 0.155. The number of likely N-dealkylation sites (N-methyl/N-ethyl adjacent to an activating group) is 1. The van der Waals surface area contributed by atoms with E-state index in [9.17, 15) is 14.3 Å². The number of piperidine rings is 1. The number of carboxylic acids is 1. The van der Waals surface area contributed by atoms with Gasteiger partial charge in [-0.2, -0.15) is 5.10 Å². The first-order chi connectivity index (χ1) is 22.1. The molecule has 2 aliphatic rings. The molecule has 2 aromatic carbocycles. The molecule has 1 aliphatic carbocycles. The van der Waals surface area contributed by atoms with Crippen molar-refractivity contribution in [1.82, 2.24) is 19.6 Å². The maximum atomic E-state index is 14.4. The summed E-state index contributed by atoms with van der Waals surface area (Å²) >= 11 is 0. The topological polar surface area (TPSA) is 70.8 Å². The van der Waals surface area contributed by atoms with Gasteiger partial charge in [-0.3, -0.25) is 14.4 Å². The van der Waals surface area contributed by atoms with E-state index in [0.717, 1.165) is 75.3 Å². The zero-order valence-electron chi connectivity index (χ0n) is 28.4. The van der Waals surface area contributed by atoms with Crippen molar-refractivity contribution in [3.63, 3.8) is 0 Å². The van der Waals surface area contributed by atoms with E-state index >= 15 is 0 Å². The second kappa shape index (κ2) is 15.6. The summed E-state index contributed by atoms with van der Waals surface area (Å²) in [6, 6.07) is 17.3. The fraction of sp³-hybridized carbons (Fsp3) is 0.579. The number of carboxylic acid groups (broad SMARTS) is 1. The van der Waals surface area contributed by atoms with E-state index in [2.05, 4.69) is 59.5 Å². The third-order valence-electron chi connectivity index (χ3n) is 10.2. The Morgan fingerprint density at radius 3 is 2.52 bits per heavy atom. The van der Waals surface area contributed by atoms with Crippen LogP contribution in [0.15, 0.2) is 54.6 Å². The predicted molar refractivity (Wildman–Crippen MR) is 181 cm³/mol. The van der Waals surface area contributed by atoms with Crippen LogP contribution in [0.4, 0.5) is 4.39 Å². The zero-order valence-corrected chi connectivity index (χ0v) is 28.4. The molecule has 250 valence electrons. The van der Waals surface area contributed by atoms with Crippen LogP contribution in [0.2, 0.25) is 0 Å². The molecule has 1 N–H and O–H groups in total. The lowest BCUT2D eigenvalue weighted by molar-refractivity contribution is -0.144. The molecule has 1 aliphatic heterocycles. The molecule has 0 radical (unpaired) electrons. The van der Waals surface area contributed by atoms with Crippen molar-refractivity contribution in [2.45, 2.75) is 96.7 Å². The molecule has 4 atom stereocenters. The molecule has 0 amide bonds. The van der Waals surface area contributed by atoms with Gasteiger partial charge in [-0.05, 0) is 125 Å². The Morgan fingerprint density at radius 2 is 1.85 bits per heavy atom. The van der Waals surface area contributed by atoms with Crippen LogP contribution in [-0.4, -0.2) is 76.0 Å². The molecular formula is C38H53FN4O3. The Balaban J connectivity index is 1.25. The molecule has 3 unspecified atom stereocenters. The molecule has 7 nitrogen and oxygen atoms in total. The van der Waals surface area contributed by atoms with E-state index in [-0.39, 0.29) is 17.8 Å². The maximum absolute atomic E-state index is 14.4. The first-order valence-corrected chi connectivity index (χ1v) is 17.4. The fourth-order valence-electron chi connectivity index (χ4n) is 7.94. The molecule has 2 fully saturated rings. The van der Waals surface area contributed by atoms with E-state index in [4.69, 9.17) is 9.84 Å². The van der Waals surface area contributed by atoms with Gasteiger partial charge in [0.05, 0.1) is 12.3 Å². The van der Waals surface area contributed by atoms with Crippen LogP contribution in [0.5, 0.6) is 5.75 Å². The number of carbonyl (C=O) groups is 1. The summed E-state index contributed by atoms with van der Waals surface area (Å²) in [5, 5.41) is 15.0. The number of rotatable bonds is 14. The molecule has 3 aromatic rings. The second-order valence-corrected chi connectivity index (χ2v) is 13.9. The van der Waals surface area contributed by atoms with Gasteiger partial charge in [0.2, 0.25) is 0 Å². The van der Waals surface area contributed by atoms with Gasteiger partial charge in [0.15, 0.2) is 0 Å². The van der Waals surface area contributed by atoms with Gasteiger partial charge in [0.25, 0.3) is 0 Å². The number of benzene rings is 2. The molecular weight excluding hydrogens is 579 g/mol. The van der Waals surface area contributed by atoms with E-state index < -0.39 is 12.0 Å². The van der Waals surface area contributed by atoms with Gasteiger partial charge in [0, 0.05) is 37.2 Å². The Kier molecular flexibility index (Phi) is 11.5. The second-order valence-electron chi connectivity index (χ2n) is 13.9. The van der Waals surface area contributed by atoms with Crippen LogP contribution < -0.4 is 4.74 Å². The van der Waals surface area contributed by atoms with Gasteiger partial charge < -0.3 is 14.7 Å². The third-order valence-corrected chi connectivity index (χ3v) is 10.2. The summed E-state index contributed by atoms with van der Waals surface area (Å²) in [4.78, 5) is 16.9. The normalized spacial score (nSPS) is 21.7. The minimum atomic E-state index is -0.752. The summed E-state index contributed by atoms with van der Waals surface area (Å²) in [6.07, 6.45) is 5.37. The molecule has 0 bridgehead atoms. The number of aliphatic carboxylic acids is 1. The quantitative estimate of drug-likeness (QED) is 0.203. The first-order valence-electron chi connectivity index (χ1n) is 17.4. The lowest BCUT2D eigenvalue weighted by Crippen LogP contribution is -2.45. The Labute approximate surface area is 274 Å². The number of aryl methyl sites for hydroxylation is 1. The average Bonchev–Trinajstić information content (AvgIpc) is 3.64. The summed E-state index contributed by atoms with van der Waals surface area (Å²) in [5.74, 6) is 1.27. The molecule has 2 heterocycles. The molecule has 0 spiro atoms. The number of aromatic nitrogens is 2. The molecule has 46 heavy (non-hydrogen) atoms. The molecule has 1 saturated carbocycles. The summed E-state index contributed by atoms with van der Waals surface area (Å²) in [5.41, 5.74) is 4.69. The molecule has 5 rings (SSSR count). The van der Waals surface area contributed by atoms with Crippen LogP contribution in [0.1, 0.15) is 94.1 Å². The van der Waals surface area contributed by atoms with Crippen LogP contribution in [0, 0.1) is 17.7 Å². The van der Waals surface area contributed by atoms with Gasteiger partial charge in [-0.15, -0.1) is 0 Å². The highest BCUT2D eigenvalue weighted by Crippen LogP contribution is 2.43. The standard InChI is InChI=1S/C38H53FN4O3/c1-6-43-36(23-32(40-43)19-27-10-8-13-34(20-27)46-7-2)28-14-16-42(17-15-28)25-30-22-33(41(5)37(38(44)45)18-26(3)4)24-35(30)29-11-9-12-31(39)21-29/h8-13,20-21,23,26,28,30,33,35,37H,6-7,14-19,22,24-25H2,1-5H3,(H,44,45)/t30?,33?,35?,37-/m1/s1. The van der Waals surface area contributed by atoms with Crippen LogP contribution >= 0.6 is 0 Å². The van der Waals surface area contributed by atoms with Crippen molar-refractivity contribution in [2.75, 3.05) is 33.3 Å². The minimum Gasteiger partial charge on any atom is -0.494 e. The first kappa shape index (κ1) is 34.1. The molecule has 1 saturated heterocycles. The smallest absolute Gasteiger partial charge is 0.320 e. The van der Waals surface area contributed by atoms with E-state index in [1.165, 1.54) is 17.3 Å². The Hall–Kier alpha value is -3.23. The molecule has 1 aromatic heterocycles. The fourth-order valence-corrected chi connectivity index (χ4v) is 7.94. The number of hydrogen-bond donors (Lipinski definition) is 1. The van der Waals surface area contributed by atoms with Crippen LogP contribution in [0.3, 0.4) is 0 Å². The average molecular weight is 633 g/mol. The number of nitrogens with zero attached hydrogens (tertiary/aromatic N) is 4. The number of ether oxygens (including phenoxy) is 1. The van der Waals surface area contributed by atoms with Crippen molar-refractivity contribution >= 4 is 5.97 Å². The zero-order chi connectivity index (χ0) is 32.8. The van der Waals surface area contributed by atoms with Gasteiger partial charge in [0.1, 0.15) is 17.6 Å². The summed E-state index contributed by atoms with van der Waals surface area (Å²) < 4.78 is 22.3. The Morgan fingerprint density at radius 1 is 1.09 bits per heavy atom. The van der Waals surface area contributed by atoms with E-state index in [1.807, 2.05) is 32.2 Å². The van der Waals surface area contributed by atoms with Gasteiger partial charge >= 0.3 is 5.97 Å². The number of hydrogen-bond acceptors (Lipinski definition) is 5. The lowest BCUT2D eigenvalue weighted by Gasteiger charge is -2.35. The van der Waals surface area contributed by atoms with Crippen molar-refractivity contribution in [2.24, 2.45) is 11.8 Å². The SMILES string of the molecule is CCOc1cccc(Cc2cc(C3CCN(CC4CC(N(C)[C@H](CC(C)C)C(=O)O)CC4c4cccc(F)c4)CC3)n(CC)n2)c1. The highest BCUT2D eigenvalue weighted by Gasteiger charge is 2.41.